The second-order valence-corrected chi connectivity index (χ2v) is 2.20. The van der Waals surface area contributed by atoms with Crippen molar-refractivity contribution >= 4 is 20.4 Å². The van der Waals surface area contributed by atoms with Gasteiger partial charge in [0.1, 0.15) is 11.3 Å². The van der Waals surface area contributed by atoms with E-state index in [-0.39, 0.29) is 8.41 Å². The zero-order chi connectivity index (χ0) is 10.0. The van der Waals surface area contributed by atoms with E-state index in [1.807, 2.05) is 0 Å². The molecule has 0 unspecified atom stereocenters. The Hall–Kier alpha value is -2.05. The monoisotopic (exact) mass is 194 g/mol. The van der Waals surface area contributed by atoms with E-state index < -0.39 is 28.6 Å². The molecule has 1 heterocycles. The predicted molar refractivity (Wildman–Crippen MR) is 46.7 cm³/mol. The molecule has 14 heavy (non-hydrogen) atoms. The Morgan fingerprint density at radius 2 is 1.79 bits per heavy atom. The summed E-state index contributed by atoms with van der Waals surface area (Å²) in [6.45, 7) is 0. The molecule has 6 nitrogen and oxygen atoms in total. The molecule has 1 aromatic heterocycles. The van der Waals surface area contributed by atoms with E-state index in [9.17, 15) is 14.4 Å². The first-order valence-electron chi connectivity index (χ1n) is 3.22. The Morgan fingerprint density at radius 3 is 2.14 bits per heavy atom. The van der Waals surface area contributed by atoms with Crippen LogP contribution in [0, 0.1) is 0 Å². The normalized spacial score (nSPS) is 8.86. The van der Waals surface area contributed by atoms with E-state index in [0.29, 0.717) is 0 Å². The SMILES string of the molecule is O=C(O)c1[nH]ccc(=O)c1C(=O)O.[B]. The highest BCUT2D eigenvalue weighted by molar-refractivity contribution is 5.99. The second kappa shape index (κ2) is 4.26. The molecule has 7 heteroatoms. The van der Waals surface area contributed by atoms with Crippen LogP contribution in [0.15, 0.2) is 17.1 Å². The van der Waals surface area contributed by atoms with Crippen LogP contribution in [0.3, 0.4) is 0 Å². The average molecular weight is 194 g/mol. The van der Waals surface area contributed by atoms with E-state index in [0.717, 1.165) is 12.3 Å². The Labute approximate surface area is 79.8 Å². The maximum atomic E-state index is 10.9. The molecule has 3 N–H and O–H groups in total. The molecule has 0 saturated carbocycles. The number of aromatic amines is 1. The smallest absolute Gasteiger partial charge is 0.353 e. The summed E-state index contributed by atoms with van der Waals surface area (Å²) in [5.74, 6) is -3.03. The lowest BCUT2D eigenvalue weighted by molar-refractivity contribution is 0.0645. The van der Waals surface area contributed by atoms with Crippen molar-refractivity contribution in [3.05, 3.63) is 33.7 Å². The van der Waals surface area contributed by atoms with Crippen molar-refractivity contribution in [1.82, 2.24) is 4.98 Å². The number of carbonyl (C=O) groups is 2. The summed E-state index contributed by atoms with van der Waals surface area (Å²) < 4.78 is 0. The van der Waals surface area contributed by atoms with Crippen molar-refractivity contribution in [2.24, 2.45) is 0 Å². The van der Waals surface area contributed by atoms with Crippen LogP contribution in [-0.2, 0) is 0 Å². The number of carboxylic acids is 2. The lowest BCUT2D eigenvalue weighted by atomic mass is 10.2. The molecule has 0 aromatic carbocycles. The molecule has 71 valence electrons. The van der Waals surface area contributed by atoms with E-state index in [4.69, 9.17) is 10.2 Å². The van der Waals surface area contributed by atoms with Crippen LogP contribution in [-0.4, -0.2) is 35.5 Å². The summed E-state index contributed by atoms with van der Waals surface area (Å²) in [4.78, 5) is 34.0. The molecule has 0 aliphatic heterocycles. The molecule has 0 aliphatic rings. The van der Waals surface area contributed by atoms with Crippen molar-refractivity contribution in [3.8, 4) is 0 Å². The van der Waals surface area contributed by atoms with Gasteiger partial charge in [0.2, 0.25) is 0 Å². The first kappa shape index (κ1) is 12.0. The Morgan fingerprint density at radius 1 is 1.21 bits per heavy atom. The molecule has 0 saturated heterocycles. The van der Waals surface area contributed by atoms with Gasteiger partial charge in [0.15, 0.2) is 5.43 Å². The summed E-state index contributed by atoms with van der Waals surface area (Å²) in [7, 11) is 0. The van der Waals surface area contributed by atoms with Crippen LogP contribution in [0.5, 0.6) is 0 Å². The number of carboxylic acid groups (broad SMARTS) is 2. The maximum Gasteiger partial charge on any atom is 0.353 e. The molecule has 0 bridgehead atoms. The van der Waals surface area contributed by atoms with Gasteiger partial charge < -0.3 is 15.2 Å². The number of nitrogens with one attached hydrogen (secondary N) is 1. The van der Waals surface area contributed by atoms with Gasteiger partial charge in [-0.05, 0) is 0 Å². The summed E-state index contributed by atoms with van der Waals surface area (Å²) in [5.41, 5.74) is -2.20. The van der Waals surface area contributed by atoms with Crippen LogP contribution in [0.2, 0.25) is 0 Å². The Bertz CT molecular complexity index is 424. The molecule has 0 spiro atoms. The predicted octanol–water partition coefficient (Wildman–Crippen LogP) is -0.609. The first-order chi connectivity index (χ1) is 6.04. The maximum absolute atomic E-state index is 10.9. The second-order valence-electron chi connectivity index (χ2n) is 2.20. The minimum atomic E-state index is -1.56. The lowest BCUT2D eigenvalue weighted by Crippen LogP contribution is -2.20. The molecule has 1 rings (SSSR count). The summed E-state index contributed by atoms with van der Waals surface area (Å²) in [6.07, 6.45) is 1.08. The third-order valence-corrected chi connectivity index (χ3v) is 1.39. The fourth-order valence-corrected chi connectivity index (χ4v) is 0.860. The van der Waals surface area contributed by atoms with Gasteiger partial charge in [-0.1, -0.05) is 0 Å². The lowest BCUT2D eigenvalue weighted by Gasteiger charge is -1.98. The highest BCUT2D eigenvalue weighted by Gasteiger charge is 2.19. The van der Waals surface area contributed by atoms with Gasteiger partial charge in [0, 0.05) is 20.7 Å². The molecular formula is C7H5BNO5. The number of aromatic nitrogens is 1. The topological polar surface area (TPSA) is 107 Å². The highest BCUT2D eigenvalue weighted by atomic mass is 16.4. The summed E-state index contributed by atoms with van der Waals surface area (Å²) >= 11 is 0. The van der Waals surface area contributed by atoms with Crippen LogP contribution in [0.4, 0.5) is 0 Å². The van der Waals surface area contributed by atoms with Crippen molar-refractivity contribution < 1.29 is 19.8 Å². The van der Waals surface area contributed by atoms with Gasteiger partial charge >= 0.3 is 11.9 Å². The van der Waals surface area contributed by atoms with E-state index >= 15 is 0 Å². The van der Waals surface area contributed by atoms with Crippen LogP contribution in [0.1, 0.15) is 20.8 Å². The Kier molecular flexibility index (Phi) is 3.64. The molecule has 1 aromatic rings. The molecule has 0 atom stereocenters. The van der Waals surface area contributed by atoms with Crippen molar-refractivity contribution in [3.63, 3.8) is 0 Å². The fourth-order valence-electron chi connectivity index (χ4n) is 0.860. The summed E-state index contributed by atoms with van der Waals surface area (Å²) in [6, 6.07) is 0.954. The highest BCUT2D eigenvalue weighted by Crippen LogP contribution is 1.99. The van der Waals surface area contributed by atoms with Gasteiger partial charge in [-0.2, -0.15) is 0 Å². The zero-order valence-corrected chi connectivity index (χ0v) is 6.85. The largest absolute Gasteiger partial charge is 0.477 e. The number of aromatic carboxylic acids is 2. The number of hydrogen-bond donors (Lipinski definition) is 3. The molecule has 0 amide bonds. The number of rotatable bonds is 2. The van der Waals surface area contributed by atoms with E-state index in [1.165, 1.54) is 0 Å². The Balaban J connectivity index is 0.00000169. The standard InChI is InChI=1S/C7H5NO5.B/c9-3-1-2-8-5(7(12)13)4(3)6(10)11;/h1-2H,(H,8,9)(H,10,11)(H,12,13);. The fraction of sp³-hybridized carbons (Fsp3) is 0. The zero-order valence-electron chi connectivity index (χ0n) is 6.85. The van der Waals surface area contributed by atoms with Crippen LogP contribution >= 0.6 is 0 Å². The number of hydrogen-bond acceptors (Lipinski definition) is 3. The molecule has 0 aliphatic carbocycles. The molecule has 0 fully saturated rings. The van der Waals surface area contributed by atoms with Gasteiger partial charge in [-0.3, -0.25) is 4.79 Å². The van der Waals surface area contributed by atoms with Crippen LogP contribution < -0.4 is 5.43 Å². The third kappa shape index (κ3) is 2.00. The quantitative estimate of drug-likeness (QED) is 0.544. The van der Waals surface area contributed by atoms with Gasteiger partial charge in [0.25, 0.3) is 0 Å². The summed E-state index contributed by atoms with van der Waals surface area (Å²) in [5, 5.41) is 17.0. The minimum Gasteiger partial charge on any atom is -0.477 e. The van der Waals surface area contributed by atoms with Crippen molar-refractivity contribution in [1.29, 1.82) is 0 Å². The molecule has 3 radical (unpaired) electrons. The third-order valence-electron chi connectivity index (χ3n) is 1.39. The molecular weight excluding hydrogens is 189 g/mol. The van der Waals surface area contributed by atoms with Crippen molar-refractivity contribution in [2.45, 2.75) is 0 Å². The van der Waals surface area contributed by atoms with Crippen molar-refractivity contribution in [2.75, 3.05) is 0 Å². The van der Waals surface area contributed by atoms with Gasteiger partial charge in [0.05, 0.1) is 0 Å². The van der Waals surface area contributed by atoms with Gasteiger partial charge in [-0.25, -0.2) is 9.59 Å². The van der Waals surface area contributed by atoms with Crippen LogP contribution in [0.25, 0.3) is 0 Å². The van der Waals surface area contributed by atoms with E-state index in [2.05, 4.69) is 4.98 Å². The van der Waals surface area contributed by atoms with Gasteiger partial charge in [-0.15, -0.1) is 0 Å². The minimum absolute atomic E-state index is 0. The van der Waals surface area contributed by atoms with E-state index in [1.54, 1.807) is 0 Å². The first-order valence-corrected chi connectivity index (χ1v) is 3.22. The average Bonchev–Trinajstić information content (AvgIpc) is 2.02. The number of H-pyrrole nitrogens is 1. The number of pyridine rings is 1.